The molecule has 0 saturated heterocycles. The van der Waals surface area contributed by atoms with E-state index in [0.29, 0.717) is 29.6 Å². The van der Waals surface area contributed by atoms with Crippen LogP contribution < -0.4 is 5.32 Å². The molecule has 1 aromatic carbocycles. The number of fused-ring (bicyclic) bond motifs is 1. The zero-order valence-corrected chi connectivity index (χ0v) is 15.9. The van der Waals surface area contributed by atoms with Crippen molar-refractivity contribution in [2.24, 2.45) is 0 Å². The molecular formula is C22H24FN3O2. The van der Waals surface area contributed by atoms with Crippen LogP contribution >= 0.6 is 0 Å². The number of rotatable bonds is 4. The Labute approximate surface area is 163 Å². The molecule has 28 heavy (non-hydrogen) atoms. The average molecular weight is 381 g/mol. The number of aromatic nitrogens is 2. The lowest BCUT2D eigenvalue weighted by Crippen LogP contribution is -2.45. The largest absolute Gasteiger partial charge is 0.391 e. The van der Waals surface area contributed by atoms with Gasteiger partial charge in [-0.2, -0.15) is 0 Å². The fourth-order valence-electron chi connectivity index (χ4n) is 3.91. The van der Waals surface area contributed by atoms with Crippen LogP contribution in [0.15, 0.2) is 42.7 Å². The Morgan fingerprint density at radius 2 is 2.14 bits per heavy atom. The van der Waals surface area contributed by atoms with Crippen LogP contribution in [0.25, 0.3) is 11.0 Å². The molecule has 3 aromatic rings. The molecule has 6 heteroatoms. The second kappa shape index (κ2) is 7.72. The third-order valence-corrected chi connectivity index (χ3v) is 5.48. The summed E-state index contributed by atoms with van der Waals surface area (Å²) >= 11 is 0. The summed E-state index contributed by atoms with van der Waals surface area (Å²) < 4.78 is 16.2. The van der Waals surface area contributed by atoms with Gasteiger partial charge in [-0.1, -0.05) is 25.0 Å². The Hall–Kier alpha value is -2.73. The first-order valence-corrected chi connectivity index (χ1v) is 9.71. The maximum absolute atomic E-state index is 14.3. The monoisotopic (exact) mass is 381 g/mol. The van der Waals surface area contributed by atoms with Gasteiger partial charge in [0.05, 0.1) is 29.8 Å². The SMILES string of the molecule is Cc1ccc(Cn2cc(C(=O)N[C@H]3CCCC[C@@H]3O)c3ncccc32)c(F)c1. The number of benzene rings is 1. The quantitative estimate of drug-likeness (QED) is 0.726. The normalized spacial score (nSPS) is 19.7. The van der Waals surface area contributed by atoms with Crippen LogP contribution in [0.3, 0.4) is 0 Å². The summed E-state index contributed by atoms with van der Waals surface area (Å²) in [6.07, 6.45) is 6.31. The summed E-state index contributed by atoms with van der Waals surface area (Å²) in [5.74, 6) is -0.514. The van der Waals surface area contributed by atoms with E-state index in [1.807, 2.05) is 23.6 Å². The fourth-order valence-corrected chi connectivity index (χ4v) is 3.91. The van der Waals surface area contributed by atoms with Crippen LogP contribution in [-0.4, -0.2) is 32.7 Å². The molecule has 1 amide bonds. The first-order valence-electron chi connectivity index (χ1n) is 9.71. The van der Waals surface area contributed by atoms with E-state index in [-0.39, 0.29) is 17.8 Å². The molecule has 146 valence electrons. The molecule has 4 rings (SSSR count). The Kier molecular flexibility index (Phi) is 5.13. The molecular weight excluding hydrogens is 357 g/mol. The van der Waals surface area contributed by atoms with E-state index in [4.69, 9.17) is 0 Å². The number of halogens is 1. The van der Waals surface area contributed by atoms with Crippen molar-refractivity contribution in [3.63, 3.8) is 0 Å². The second-order valence-corrected chi connectivity index (χ2v) is 7.57. The van der Waals surface area contributed by atoms with Gasteiger partial charge in [0.2, 0.25) is 0 Å². The van der Waals surface area contributed by atoms with Crippen molar-refractivity contribution in [1.29, 1.82) is 0 Å². The van der Waals surface area contributed by atoms with Crippen molar-refractivity contribution in [2.75, 3.05) is 0 Å². The first-order chi connectivity index (χ1) is 13.5. The van der Waals surface area contributed by atoms with Gasteiger partial charge in [-0.05, 0) is 43.5 Å². The maximum Gasteiger partial charge on any atom is 0.255 e. The Bertz CT molecular complexity index is 1010. The highest BCUT2D eigenvalue weighted by molar-refractivity contribution is 6.05. The zero-order valence-electron chi connectivity index (χ0n) is 15.9. The highest BCUT2D eigenvalue weighted by Gasteiger charge is 2.26. The van der Waals surface area contributed by atoms with E-state index >= 15 is 0 Å². The van der Waals surface area contributed by atoms with E-state index < -0.39 is 6.10 Å². The zero-order chi connectivity index (χ0) is 19.7. The van der Waals surface area contributed by atoms with Crippen LogP contribution in [0.2, 0.25) is 0 Å². The van der Waals surface area contributed by atoms with Gasteiger partial charge < -0.3 is 15.0 Å². The summed E-state index contributed by atoms with van der Waals surface area (Å²) in [6, 6.07) is 8.60. The topological polar surface area (TPSA) is 67.2 Å². The van der Waals surface area contributed by atoms with Crippen LogP contribution in [0, 0.1) is 12.7 Å². The van der Waals surface area contributed by atoms with Gasteiger partial charge >= 0.3 is 0 Å². The van der Waals surface area contributed by atoms with Crippen LogP contribution in [0.1, 0.15) is 47.2 Å². The number of aliphatic hydroxyl groups excluding tert-OH is 1. The lowest BCUT2D eigenvalue weighted by Gasteiger charge is -2.28. The molecule has 1 fully saturated rings. The molecule has 1 aliphatic carbocycles. The van der Waals surface area contributed by atoms with Crippen molar-refractivity contribution in [1.82, 2.24) is 14.9 Å². The molecule has 1 saturated carbocycles. The van der Waals surface area contributed by atoms with Gasteiger partial charge in [0.15, 0.2) is 0 Å². The summed E-state index contributed by atoms with van der Waals surface area (Å²) in [7, 11) is 0. The number of nitrogens with one attached hydrogen (secondary N) is 1. The number of aliphatic hydroxyl groups is 1. The maximum atomic E-state index is 14.3. The number of carbonyl (C=O) groups excluding carboxylic acids is 1. The molecule has 5 nitrogen and oxygen atoms in total. The minimum Gasteiger partial charge on any atom is -0.391 e. The summed E-state index contributed by atoms with van der Waals surface area (Å²) in [6.45, 7) is 2.16. The van der Waals surface area contributed by atoms with Crippen molar-refractivity contribution in [3.05, 3.63) is 65.2 Å². The summed E-state index contributed by atoms with van der Waals surface area (Å²) in [4.78, 5) is 17.3. The third-order valence-electron chi connectivity index (χ3n) is 5.48. The van der Waals surface area contributed by atoms with E-state index in [1.165, 1.54) is 6.07 Å². The van der Waals surface area contributed by atoms with Crippen molar-refractivity contribution < 1.29 is 14.3 Å². The second-order valence-electron chi connectivity index (χ2n) is 7.57. The van der Waals surface area contributed by atoms with Crippen molar-refractivity contribution in [3.8, 4) is 0 Å². The van der Waals surface area contributed by atoms with Gasteiger partial charge in [-0.15, -0.1) is 0 Å². The van der Waals surface area contributed by atoms with Gasteiger partial charge in [-0.25, -0.2) is 4.39 Å². The molecule has 0 unspecified atom stereocenters. The molecule has 2 N–H and O–H groups in total. The molecule has 0 radical (unpaired) electrons. The van der Waals surface area contributed by atoms with Crippen LogP contribution in [-0.2, 0) is 6.54 Å². The summed E-state index contributed by atoms with van der Waals surface area (Å²) in [5.41, 5.74) is 3.22. The molecule has 0 bridgehead atoms. The number of hydrogen-bond acceptors (Lipinski definition) is 3. The first kappa shape index (κ1) is 18.6. The average Bonchev–Trinajstić information content (AvgIpc) is 3.05. The molecule has 2 heterocycles. The molecule has 1 aliphatic rings. The lowest BCUT2D eigenvalue weighted by molar-refractivity contribution is 0.0718. The predicted octanol–water partition coefficient (Wildman–Crippen LogP) is 3.57. The number of carbonyl (C=O) groups is 1. The molecule has 2 atom stereocenters. The van der Waals surface area contributed by atoms with E-state index in [2.05, 4.69) is 10.3 Å². The predicted molar refractivity (Wildman–Crippen MR) is 106 cm³/mol. The number of nitrogens with zero attached hydrogens (tertiary/aromatic N) is 2. The van der Waals surface area contributed by atoms with Crippen molar-refractivity contribution >= 4 is 16.9 Å². The Morgan fingerprint density at radius 1 is 1.32 bits per heavy atom. The fraction of sp³-hybridized carbons (Fsp3) is 0.364. The smallest absolute Gasteiger partial charge is 0.255 e. The third kappa shape index (κ3) is 3.64. The molecule has 2 aromatic heterocycles. The Balaban J connectivity index is 1.65. The van der Waals surface area contributed by atoms with Crippen LogP contribution in [0.5, 0.6) is 0 Å². The molecule has 0 spiro atoms. The number of aryl methyl sites for hydroxylation is 1. The van der Waals surface area contributed by atoms with Crippen molar-refractivity contribution in [2.45, 2.75) is 51.3 Å². The lowest BCUT2D eigenvalue weighted by atomic mass is 9.92. The number of pyridine rings is 1. The van der Waals surface area contributed by atoms with Crippen LogP contribution in [0.4, 0.5) is 4.39 Å². The van der Waals surface area contributed by atoms with E-state index in [0.717, 1.165) is 30.3 Å². The minimum absolute atomic E-state index is 0.238. The highest BCUT2D eigenvalue weighted by atomic mass is 19.1. The highest BCUT2D eigenvalue weighted by Crippen LogP contribution is 2.23. The van der Waals surface area contributed by atoms with Gasteiger partial charge in [0.1, 0.15) is 11.3 Å². The number of hydrogen-bond donors (Lipinski definition) is 2. The minimum atomic E-state index is -0.513. The van der Waals surface area contributed by atoms with Gasteiger partial charge in [0, 0.05) is 18.0 Å². The standard InChI is InChI=1S/C22H24FN3O2/c1-14-8-9-15(17(23)11-14)12-26-13-16(21-19(26)6-4-10-24-21)22(28)25-18-5-2-3-7-20(18)27/h4,6,8-11,13,18,20,27H,2-3,5,7,12H2,1H3,(H,25,28)/t18-,20-/m0/s1. The molecule has 0 aliphatic heterocycles. The van der Waals surface area contributed by atoms with Gasteiger partial charge in [-0.3, -0.25) is 9.78 Å². The van der Waals surface area contributed by atoms with E-state index in [1.54, 1.807) is 24.5 Å². The van der Waals surface area contributed by atoms with Gasteiger partial charge in [0.25, 0.3) is 5.91 Å². The number of amides is 1. The van der Waals surface area contributed by atoms with E-state index in [9.17, 15) is 14.3 Å². The Morgan fingerprint density at radius 3 is 2.93 bits per heavy atom. The summed E-state index contributed by atoms with van der Waals surface area (Å²) in [5, 5.41) is 13.1.